The summed E-state index contributed by atoms with van der Waals surface area (Å²) in [4.78, 5) is 7.17. The molecule has 20 heavy (non-hydrogen) atoms. The lowest BCUT2D eigenvalue weighted by Gasteiger charge is -2.00. The highest BCUT2D eigenvalue weighted by Gasteiger charge is 2.16. The number of imidazole rings is 1. The Kier molecular flexibility index (Phi) is 2.30. The summed E-state index contributed by atoms with van der Waals surface area (Å²) >= 11 is 0. The van der Waals surface area contributed by atoms with Crippen LogP contribution in [0.1, 0.15) is 5.56 Å². The van der Waals surface area contributed by atoms with Crippen LogP contribution in [0.4, 0.5) is 8.78 Å². The van der Waals surface area contributed by atoms with Crippen molar-refractivity contribution in [3.05, 3.63) is 47.5 Å². The molecular formula is C15H10F2N2O. The summed E-state index contributed by atoms with van der Waals surface area (Å²) in [6, 6.07) is 8.28. The zero-order valence-corrected chi connectivity index (χ0v) is 10.4. The zero-order chi connectivity index (χ0) is 13.7. The van der Waals surface area contributed by atoms with Crippen LogP contribution in [0.5, 0.6) is 5.75 Å². The van der Waals surface area contributed by atoms with E-state index in [0.29, 0.717) is 17.9 Å². The highest BCUT2D eigenvalue weighted by Crippen LogP contribution is 2.30. The van der Waals surface area contributed by atoms with Gasteiger partial charge in [0.25, 0.3) is 0 Å². The first-order valence-corrected chi connectivity index (χ1v) is 6.32. The molecule has 1 N–H and O–H groups in total. The van der Waals surface area contributed by atoms with Crippen molar-refractivity contribution in [2.75, 3.05) is 6.61 Å². The number of ether oxygens (including phenoxy) is 1. The average molecular weight is 272 g/mol. The van der Waals surface area contributed by atoms with Crippen LogP contribution in [0.15, 0.2) is 30.3 Å². The number of benzene rings is 2. The van der Waals surface area contributed by atoms with E-state index in [1.807, 2.05) is 18.2 Å². The minimum Gasteiger partial charge on any atom is -0.493 e. The number of rotatable bonds is 1. The maximum atomic E-state index is 13.7. The van der Waals surface area contributed by atoms with Gasteiger partial charge in [-0.25, -0.2) is 13.8 Å². The Morgan fingerprint density at radius 2 is 2.05 bits per heavy atom. The monoisotopic (exact) mass is 272 g/mol. The van der Waals surface area contributed by atoms with Gasteiger partial charge in [-0.2, -0.15) is 0 Å². The zero-order valence-electron chi connectivity index (χ0n) is 10.4. The van der Waals surface area contributed by atoms with Crippen molar-refractivity contribution in [3.8, 4) is 17.1 Å². The minimum absolute atomic E-state index is 0.0248. The number of fused-ring (bicyclic) bond motifs is 2. The molecule has 0 aliphatic carbocycles. The van der Waals surface area contributed by atoms with Crippen molar-refractivity contribution in [1.82, 2.24) is 9.97 Å². The lowest BCUT2D eigenvalue weighted by molar-refractivity contribution is 0.357. The molecule has 1 aliphatic rings. The van der Waals surface area contributed by atoms with Crippen molar-refractivity contribution >= 4 is 11.0 Å². The van der Waals surface area contributed by atoms with E-state index in [-0.39, 0.29) is 5.52 Å². The third-order valence-electron chi connectivity index (χ3n) is 3.51. The Balaban J connectivity index is 1.88. The van der Waals surface area contributed by atoms with Gasteiger partial charge < -0.3 is 9.72 Å². The molecule has 0 saturated carbocycles. The Morgan fingerprint density at radius 1 is 1.15 bits per heavy atom. The quantitative estimate of drug-likeness (QED) is 0.736. The summed E-state index contributed by atoms with van der Waals surface area (Å²) < 4.78 is 32.3. The van der Waals surface area contributed by atoms with Crippen LogP contribution >= 0.6 is 0 Å². The van der Waals surface area contributed by atoms with Crippen LogP contribution in [-0.4, -0.2) is 16.6 Å². The van der Waals surface area contributed by atoms with Gasteiger partial charge in [0.05, 0.1) is 12.1 Å². The molecule has 100 valence electrons. The van der Waals surface area contributed by atoms with E-state index < -0.39 is 11.6 Å². The smallest absolute Gasteiger partial charge is 0.186 e. The second-order valence-electron chi connectivity index (χ2n) is 4.76. The molecule has 2 aromatic carbocycles. The third kappa shape index (κ3) is 1.59. The van der Waals surface area contributed by atoms with E-state index in [1.165, 1.54) is 6.07 Å². The molecule has 0 bridgehead atoms. The highest BCUT2D eigenvalue weighted by molar-refractivity contribution is 5.80. The van der Waals surface area contributed by atoms with Crippen LogP contribution in [0.25, 0.3) is 22.4 Å². The van der Waals surface area contributed by atoms with Crippen LogP contribution in [0, 0.1) is 11.6 Å². The highest BCUT2D eigenvalue weighted by atomic mass is 19.2. The Labute approximate surface area is 113 Å². The molecule has 0 spiro atoms. The topological polar surface area (TPSA) is 37.9 Å². The first-order valence-electron chi connectivity index (χ1n) is 6.32. The molecule has 0 amide bonds. The fourth-order valence-corrected chi connectivity index (χ4v) is 2.49. The number of aromatic amines is 1. The number of nitrogens with one attached hydrogen (secondary N) is 1. The van der Waals surface area contributed by atoms with Gasteiger partial charge in [0, 0.05) is 12.0 Å². The van der Waals surface area contributed by atoms with Crippen molar-refractivity contribution in [2.24, 2.45) is 0 Å². The summed E-state index contributed by atoms with van der Waals surface area (Å²) in [5.74, 6) is -0.409. The van der Waals surface area contributed by atoms with Crippen molar-refractivity contribution in [1.29, 1.82) is 0 Å². The predicted octanol–water partition coefficient (Wildman–Crippen LogP) is 3.44. The van der Waals surface area contributed by atoms with Gasteiger partial charge in [-0.15, -0.1) is 0 Å². The van der Waals surface area contributed by atoms with Gasteiger partial charge in [-0.05, 0) is 35.9 Å². The molecule has 0 atom stereocenters. The molecule has 0 fully saturated rings. The van der Waals surface area contributed by atoms with Gasteiger partial charge in [-0.3, -0.25) is 0 Å². The van der Waals surface area contributed by atoms with Gasteiger partial charge in [0.15, 0.2) is 11.6 Å². The Morgan fingerprint density at radius 3 is 2.95 bits per heavy atom. The first-order chi connectivity index (χ1) is 9.72. The van der Waals surface area contributed by atoms with Crippen LogP contribution < -0.4 is 4.74 Å². The van der Waals surface area contributed by atoms with Crippen molar-refractivity contribution in [3.63, 3.8) is 0 Å². The summed E-state index contributed by atoms with van der Waals surface area (Å²) in [7, 11) is 0. The largest absolute Gasteiger partial charge is 0.493 e. The van der Waals surface area contributed by atoms with E-state index in [4.69, 9.17) is 4.74 Å². The molecular weight excluding hydrogens is 262 g/mol. The molecule has 3 aromatic rings. The van der Waals surface area contributed by atoms with E-state index in [0.717, 1.165) is 29.4 Å². The molecule has 0 saturated heterocycles. The summed E-state index contributed by atoms with van der Waals surface area (Å²) in [5.41, 5.74) is 2.45. The molecule has 5 heteroatoms. The van der Waals surface area contributed by atoms with Gasteiger partial charge in [0.1, 0.15) is 17.1 Å². The molecule has 2 heterocycles. The average Bonchev–Trinajstić information content (AvgIpc) is 3.08. The summed E-state index contributed by atoms with van der Waals surface area (Å²) in [6.45, 7) is 0.679. The number of hydrogen-bond acceptors (Lipinski definition) is 2. The SMILES string of the molecule is Fc1ccc2[nH]c(-c3ccc4c(c3)CCO4)nc2c1F. The number of halogens is 2. The molecule has 3 nitrogen and oxygen atoms in total. The lowest BCUT2D eigenvalue weighted by atomic mass is 10.1. The maximum Gasteiger partial charge on any atom is 0.186 e. The number of nitrogens with zero attached hydrogens (tertiary/aromatic N) is 1. The van der Waals surface area contributed by atoms with Crippen LogP contribution in [0.3, 0.4) is 0 Å². The third-order valence-corrected chi connectivity index (χ3v) is 3.51. The van der Waals surface area contributed by atoms with Crippen molar-refractivity contribution in [2.45, 2.75) is 6.42 Å². The van der Waals surface area contributed by atoms with Gasteiger partial charge in [0.2, 0.25) is 0 Å². The van der Waals surface area contributed by atoms with Crippen molar-refractivity contribution < 1.29 is 13.5 Å². The van der Waals surface area contributed by atoms with Gasteiger partial charge in [-0.1, -0.05) is 0 Å². The first kappa shape index (κ1) is 11.4. The second kappa shape index (κ2) is 4.03. The predicted molar refractivity (Wildman–Crippen MR) is 70.6 cm³/mol. The molecule has 0 unspecified atom stereocenters. The van der Waals surface area contributed by atoms with E-state index in [2.05, 4.69) is 9.97 Å². The molecule has 4 rings (SSSR count). The Bertz CT molecular complexity index is 826. The maximum absolute atomic E-state index is 13.7. The summed E-state index contributed by atoms with van der Waals surface area (Å²) in [6.07, 6.45) is 0.854. The second-order valence-corrected chi connectivity index (χ2v) is 4.76. The van der Waals surface area contributed by atoms with E-state index in [9.17, 15) is 8.78 Å². The number of aromatic nitrogens is 2. The van der Waals surface area contributed by atoms with E-state index >= 15 is 0 Å². The fourth-order valence-electron chi connectivity index (χ4n) is 2.49. The summed E-state index contributed by atoms with van der Waals surface area (Å²) in [5, 5.41) is 0. The molecule has 1 aliphatic heterocycles. The molecule has 0 radical (unpaired) electrons. The Hall–Kier alpha value is -2.43. The number of hydrogen-bond donors (Lipinski definition) is 1. The fraction of sp³-hybridized carbons (Fsp3) is 0.133. The lowest BCUT2D eigenvalue weighted by Crippen LogP contribution is -1.85. The standard InChI is InChI=1S/C15H10F2N2O/c16-10-2-3-11-14(13(10)17)19-15(18-11)9-1-4-12-8(7-9)5-6-20-12/h1-4,7H,5-6H2,(H,18,19). The normalized spacial score (nSPS) is 13.5. The van der Waals surface area contributed by atoms with E-state index in [1.54, 1.807) is 0 Å². The minimum atomic E-state index is -0.922. The van der Waals surface area contributed by atoms with Gasteiger partial charge >= 0.3 is 0 Å². The van der Waals surface area contributed by atoms with Crippen LogP contribution in [0.2, 0.25) is 0 Å². The molecule has 1 aromatic heterocycles. The number of H-pyrrole nitrogens is 1. The van der Waals surface area contributed by atoms with Crippen LogP contribution in [-0.2, 0) is 6.42 Å².